The molecule has 0 fully saturated rings. The van der Waals surface area contributed by atoms with Gasteiger partial charge in [0.25, 0.3) is 0 Å². The molecule has 0 aliphatic heterocycles. The van der Waals surface area contributed by atoms with Gasteiger partial charge >= 0.3 is 0 Å². The minimum atomic E-state index is -3.17. The van der Waals surface area contributed by atoms with Gasteiger partial charge in [-0.15, -0.1) is 0 Å². The first-order valence-corrected chi connectivity index (χ1v) is 7.45. The molecule has 4 heteroatoms. The Bertz CT molecular complexity index is 447. The van der Waals surface area contributed by atoms with E-state index >= 15 is 0 Å². The SMILES string of the molecule is CC(C)c1ccc(CNS(=O)(=O)C(C)C)cc1. The minimum absolute atomic E-state index is 0.360. The topological polar surface area (TPSA) is 46.2 Å². The lowest BCUT2D eigenvalue weighted by Gasteiger charge is -2.10. The fraction of sp³-hybridized carbons (Fsp3) is 0.538. The lowest BCUT2D eigenvalue weighted by atomic mass is 10.0. The molecule has 0 unspecified atom stereocenters. The summed E-state index contributed by atoms with van der Waals surface area (Å²) in [6.45, 7) is 7.97. The maximum Gasteiger partial charge on any atom is 0.214 e. The molecule has 1 aromatic rings. The van der Waals surface area contributed by atoms with E-state index in [4.69, 9.17) is 0 Å². The van der Waals surface area contributed by atoms with E-state index in [0.29, 0.717) is 12.5 Å². The molecule has 17 heavy (non-hydrogen) atoms. The molecule has 0 atom stereocenters. The van der Waals surface area contributed by atoms with Crippen molar-refractivity contribution in [3.63, 3.8) is 0 Å². The van der Waals surface area contributed by atoms with Crippen LogP contribution in [0.4, 0.5) is 0 Å². The second-order valence-electron chi connectivity index (χ2n) is 4.81. The zero-order valence-electron chi connectivity index (χ0n) is 10.9. The molecule has 0 heterocycles. The van der Waals surface area contributed by atoms with E-state index in [1.807, 2.05) is 24.3 Å². The van der Waals surface area contributed by atoms with Crippen LogP contribution in [0.1, 0.15) is 44.7 Å². The average molecular weight is 255 g/mol. The third-order valence-corrected chi connectivity index (χ3v) is 4.53. The molecule has 0 bridgehead atoms. The summed E-state index contributed by atoms with van der Waals surface area (Å²) in [7, 11) is -3.17. The van der Waals surface area contributed by atoms with Crippen LogP contribution in [0.15, 0.2) is 24.3 Å². The Hall–Kier alpha value is -0.870. The highest BCUT2D eigenvalue weighted by molar-refractivity contribution is 7.90. The van der Waals surface area contributed by atoms with Crippen LogP contribution in [0.3, 0.4) is 0 Å². The highest BCUT2D eigenvalue weighted by atomic mass is 32.2. The summed E-state index contributed by atoms with van der Waals surface area (Å²) in [5, 5.41) is -0.391. The normalized spacial score (nSPS) is 12.4. The highest BCUT2D eigenvalue weighted by Gasteiger charge is 2.14. The summed E-state index contributed by atoms with van der Waals surface area (Å²) in [6, 6.07) is 8.03. The Morgan fingerprint density at radius 3 is 2.00 bits per heavy atom. The van der Waals surface area contributed by atoms with Crippen LogP contribution in [0.5, 0.6) is 0 Å². The van der Waals surface area contributed by atoms with Crippen LogP contribution in [-0.4, -0.2) is 13.7 Å². The summed E-state index contributed by atoms with van der Waals surface area (Å²) in [5.41, 5.74) is 2.25. The Morgan fingerprint density at radius 1 is 1.06 bits per heavy atom. The Morgan fingerprint density at radius 2 is 1.59 bits per heavy atom. The monoisotopic (exact) mass is 255 g/mol. The second kappa shape index (κ2) is 5.65. The first-order valence-electron chi connectivity index (χ1n) is 5.90. The van der Waals surface area contributed by atoms with Crippen molar-refractivity contribution in [1.29, 1.82) is 0 Å². The summed E-state index contributed by atoms with van der Waals surface area (Å²) in [5.74, 6) is 0.497. The van der Waals surface area contributed by atoms with E-state index in [9.17, 15) is 8.42 Å². The molecular formula is C13H21NO2S. The maximum absolute atomic E-state index is 11.6. The van der Waals surface area contributed by atoms with Gasteiger partial charge in [0.1, 0.15) is 0 Å². The third kappa shape index (κ3) is 4.13. The van der Waals surface area contributed by atoms with Gasteiger partial charge in [0, 0.05) is 6.54 Å². The van der Waals surface area contributed by atoms with Gasteiger partial charge in [-0.25, -0.2) is 13.1 Å². The van der Waals surface area contributed by atoms with Crippen LogP contribution in [-0.2, 0) is 16.6 Å². The molecule has 0 radical (unpaired) electrons. The Labute approximate surface area is 104 Å². The van der Waals surface area contributed by atoms with Crippen molar-refractivity contribution in [2.75, 3.05) is 0 Å². The zero-order valence-corrected chi connectivity index (χ0v) is 11.7. The largest absolute Gasteiger partial charge is 0.214 e. The van der Waals surface area contributed by atoms with Gasteiger partial charge in [-0.3, -0.25) is 0 Å². The molecule has 3 nitrogen and oxygen atoms in total. The van der Waals surface area contributed by atoms with Crippen molar-refractivity contribution in [1.82, 2.24) is 4.72 Å². The number of hydrogen-bond acceptors (Lipinski definition) is 2. The first kappa shape index (κ1) is 14.2. The number of sulfonamides is 1. The van der Waals surface area contributed by atoms with Crippen LogP contribution in [0.2, 0.25) is 0 Å². The average Bonchev–Trinajstić information content (AvgIpc) is 2.27. The van der Waals surface area contributed by atoms with Crippen molar-refractivity contribution >= 4 is 10.0 Å². The maximum atomic E-state index is 11.6. The quantitative estimate of drug-likeness (QED) is 0.879. The second-order valence-corrected chi connectivity index (χ2v) is 7.13. The summed E-state index contributed by atoms with van der Waals surface area (Å²) >= 11 is 0. The molecule has 0 saturated carbocycles. The molecule has 1 rings (SSSR count). The predicted octanol–water partition coefficient (Wildman–Crippen LogP) is 2.64. The van der Waals surface area contributed by atoms with Crippen LogP contribution in [0.25, 0.3) is 0 Å². The molecule has 0 aliphatic carbocycles. The molecule has 0 spiro atoms. The van der Waals surface area contributed by atoms with Crippen LogP contribution < -0.4 is 4.72 Å². The first-order chi connectivity index (χ1) is 7.83. The van der Waals surface area contributed by atoms with Gasteiger partial charge in [-0.1, -0.05) is 38.1 Å². The summed E-state index contributed by atoms with van der Waals surface area (Å²) < 4.78 is 25.7. The lowest BCUT2D eigenvalue weighted by molar-refractivity contribution is 0.572. The Kier molecular flexibility index (Phi) is 4.71. The Balaban J connectivity index is 2.65. The zero-order chi connectivity index (χ0) is 13.1. The van der Waals surface area contributed by atoms with Gasteiger partial charge in [-0.05, 0) is 30.9 Å². The van der Waals surface area contributed by atoms with Gasteiger partial charge in [-0.2, -0.15) is 0 Å². The van der Waals surface area contributed by atoms with Gasteiger partial charge < -0.3 is 0 Å². The third-order valence-electron chi connectivity index (χ3n) is 2.74. The van der Waals surface area contributed by atoms with Gasteiger partial charge in [0.15, 0.2) is 0 Å². The smallest absolute Gasteiger partial charge is 0.212 e. The fourth-order valence-electron chi connectivity index (χ4n) is 1.37. The van der Waals surface area contributed by atoms with E-state index in [1.165, 1.54) is 5.56 Å². The van der Waals surface area contributed by atoms with Crippen molar-refractivity contribution in [2.24, 2.45) is 0 Å². The van der Waals surface area contributed by atoms with Crippen LogP contribution in [0, 0.1) is 0 Å². The molecule has 96 valence electrons. The van der Waals surface area contributed by atoms with E-state index in [2.05, 4.69) is 18.6 Å². The number of nitrogens with one attached hydrogen (secondary N) is 1. The molecule has 1 aromatic carbocycles. The van der Waals surface area contributed by atoms with Gasteiger partial charge in [0.05, 0.1) is 5.25 Å². The molecule has 0 aliphatic rings. The fourth-order valence-corrected chi connectivity index (χ4v) is 2.07. The molecular weight excluding hydrogens is 234 g/mol. The lowest BCUT2D eigenvalue weighted by Crippen LogP contribution is -2.30. The number of benzene rings is 1. The van der Waals surface area contributed by atoms with Crippen molar-refractivity contribution < 1.29 is 8.42 Å². The van der Waals surface area contributed by atoms with E-state index in [-0.39, 0.29) is 0 Å². The predicted molar refractivity (Wildman–Crippen MR) is 71.4 cm³/mol. The van der Waals surface area contributed by atoms with Crippen molar-refractivity contribution in [2.45, 2.75) is 45.4 Å². The van der Waals surface area contributed by atoms with E-state index < -0.39 is 15.3 Å². The summed E-state index contributed by atoms with van der Waals surface area (Å²) in [6.07, 6.45) is 0. The van der Waals surface area contributed by atoms with E-state index in [1.54, 1.807) is 13.8 Å². The number of hydrogen-bond donors (Lipinski definition) is 1. The molecule has 0 amide bonds. The van der Waals surface area contributed by atoms with Crippen LogP contribution >= 0.6 is 0 Å². The molecule has 1 N–H and O–H groups in total. The highest BCUT2D eigenvalue weighted by Crippen LogP contribution is 2.14. The van der Waals surface area contributed by atoms with Crippen molar-refractivity contribution in [3.05, 3.63) is 35.4 Å². The van der Waals surface area contributed by atoms with E-state index in [0.717, 1.165) is 5.56 Å². The summed E-state index contributed by atoms with van der Waals surface area (Å²) in [4.78, 5) is 0. The molecule has 0 aromatic heterocycles. The van der Waals surface area contributed by atoms with Gasteiger partial charge in [0.2, 0.25) is 10.0 Å². The minimum Gasteiger partial charge on any atom is -0.212 e. The number of rotatable bonds is 5. The van der Waals surface area contributed by atoms with Crippen molar-refractivity contribution in [3.8, 4) is 0 Å². The molecule has 0 saturated heterocycles. The standard InChI is InChI=1S/C13H21NO2S/c1-10(2)13-7-5-12(6-8-13)9-14-17(15,16)11(3)4/h5-8,10-11,14H,9H2,1-4H3.